The van der Waals surface area contributed by atoms with Crippen molar-refractivity contribution in [2.24, 2.45) is 0 Å². The number of halogens is 1. The number of hydrogen-bond acceptors (Lipinski definition) is 6. The monoisotopic (exact) mass is 381 g/mol. The van der Waals surface area contributed by atoms with Gasteiger partial charge >= 0.3 is 0 Å². The molecule has 0 amide bonds. The van der Waals surface area contributed by atoms with Crippen LogP contribution in [0.5, 0.6) is 0 Å². The molecule has 136 valence electrons. The second kappa shape index (κ2) is 6.88. The molecule has 0 spiro atoms. The number of benzene rings is 1. The van der Waals surface area contributed by atoms with Gasteiger partial charge in [-0.2, -0.15) is 0 Å². The molecule has 0 aliphatic heterocycles. The molecule has 6 nitrogen and oxygen atoms in total. The van der Waals surface area contributed by atoms with Gasteiger partial charge in [-0.15, -0.1) is 11.3 Å². The Morgan fingerprint density at radius 3 is 2.59 bits per heavy atom. The van der Waals surface area contributed by atoms with E-state index >= 15 is 0 Å². The van der Waals surface area contributed by atoms with Crippen LogP contribution < -0.4 is 10.5 Å². The molecule has 4 rings (SSSR count). The van der Waals surface area contributed by atoms with Crippen molar-refractivity contribution in [1.29, 1.82) is 0 Å². The summed E-state index contributed by atoms with van der Waals surface area (Å²) >= 11 is 1.45. The van der Waals surface area contributed by atoms with Crippen LogP contribution in [0.4, 0.5) is 10.1 Å². The van der Waals surface area contributed by atoms with Crippen LogP contribution in [0.25, 0.3) is 16.2 Å². The fourth-order valence-electron chi connectivity index (χ4n) is 2.99. The van der Waals surface area contributed by atoms with Crippen LogP contribution in [0.3, 0.4) is 0 Å². The number of nitrogens with zero attached hydrogens (tertiary/aromatic N) is 5. The highest BCUT2D eigenvalue weighted by Gasteiger charge is 2.16. The summed E-state index contributed by atoms with van der Waals surface area (Å²) in [7, 11) is 1.88. The van der Waals surface area contributed by atoms with Gasteiger partial charge in [-0.1, -0.05) is 0 Å². The molecule has 1 aromatic carbocycles. The van der Waals surface area contributed by atoms with E-state index in [1.54, 1.807) is 28.9 Å². The molecule has 0 aliphatic rings. The normalized spacial score (nSPS) is 11.1. The molecule has 0 radical (unpaired) electrons. The Kier molecular flexibility index (Phi) is 4.41. The van der Waals surface area contributed by atoms with Crippen molar-refractivity contribution in [3.63, 3.8) is 0 Å². The second-order valence-electron chi connectivity index (χ2n) is 6.17. The molecule has 3 aromatic heterocycles. The third-order valence-corrected chi connectivity index (χ3v) is 5.20. The molecule has 0 bridgehead atoms. The standard InChI is InChI=1S/C19H16FN5OS/c1-12-18(13-8-21-11-22-9-13)25-17(26)7-15(23-19(25)27-12)10-24(2)16-5-3-14(20)4-6-16/h3-9,11H,10H2,1-2H3. The Labute approximate surface area is 158 Å². The van der Waals surface area contributed by atoms with E-state index in [9.17, 15) is 9.18 Å². The van der Waals surface area contributed by atoms with Crippen molar-refractivity contribution >= 4 is 22.0 Å². The summed E-state index contributed by atoms with van der Waals surface area (Å²) in [6.07, 6.45) is 4.83. The lowest BCUT2D eigenvalue weighted by Crippen LogP contribution is -2.21. The van der Waals surface area contributed by atoms with Gasteiger partial charge in [-0.05, 0) is 31.2 Å². The van der Waals surface area contributed by atoms with Crippen LogP contribution in [-0.4, -0.2) is 26.4 Å². The molecule has 3 heterocycles. The van der Waals surface area contributed by atoms with Gasteiger partial charge in [-0.3, -0.25) is 9.20 Å². The third-order valence-electron chi connectivity index (χ3n) is 4.24. The highest BCUT2D eigenvalue weighted by Crippen LogP contribution is 2.28. The van der Waals surface area contributed by atoms with Gasteiger partial charge in [0.2, 0.25) is 0 Å². The topological polar surface area (TPSA) is 63.4 Å². The lowest BCUT2D eigenvalue weighted by molar-refractivity contribution is 0.627. The Balaban J connectivity index is 1.73. The molecule has 4 aromatic rings. The zero-order valence-electron chi connectivity index (χ0n) is 14.8. The minimum atomic E-state index is -0.281. The van der Waals surface area contributed by atoms with Crippen LogP contribution in [-0.2, 0) is 6.54 Å². The average molecular weight is 381 g/mol. The van der Waals surface area contributed by atoms with Crippen molar-refractivity contribution in [3.8, 4) is 11.3 Å². The summed E-state index contributed by atoms with van der Waals surface area (Å²) in [5, 5.41) is 0. The number of anilines is 1. The average Bonchev–Trinajstić information content (AvgIpc) is 2.99. The Morgan fingerprint density at radius 1 is 1.19 bits per heavy atom. The predicted octanol–water partition coefficient (Wildman–Crippen LogP) is 3.30. The number of fused-ring (bicyclic) bond motifs is 1. The van der Waals surface area contributed by atoms with Gasteiger partial charge in [-0.25, -0.2) is 19.3 Å². The van der Waals surface area contributed by atoms with E-state index in [4.69, 9.17) is 0 Å². The molecular weight excluding hydrogens is 365 g/mol. The summed E-state index contributed by atoms with van der Waals surface area (Å²) in [6.45, 7) is 2.39. The minimum absolute atomic E-state index is 0.147. The van der Waals surface area contributed by atoms with Crippen molar-refractivity contribution in [2.45, 2.75) is 13.5 Å². The molecule has 0 N–H and O–H groups in total. The molecule has 0 atom stereocenters. The van der Waals surface area contributed by atoms with Crippen LogP contribution >= 0.6 is 11.3 Å². The van der Waals surface area contributed by atoms with E-state index in [0.29, 0.717) is 17.2 Å². The number of aromatic nitrogens is 4. The van der Waals surface area contributed by atoms with Gasteiger partial charge < -0.3 is 4.90 Å². The fraction of sp³-hybridized carbons (Fsp3) is 0.158. The molecular formula is C19H16FN5OS. The van der Waals surface area contributed by atoms with Crippen LogP contribution in [0.15, 0.2) is 53.8 Å². The van der Waals surface area contributed by atoms with Gasteiger partial charge in [0.15, 0.2) is 4.96 Å². The maximum Gasteiger partial charge on any atom is 0.259 e. The predicted molar refractivity (Wildman–Crippen MR) is 104 cm³/mol. The molecule has 0 saturated heterocycles. The zero-order valence-corrected chi connectivity index (χ0v) is 15.6. The molecule has 0 aliphatic carbocycles. The van der Waals surface area contributed by atoms with E-state index in [0.717, 1.165) is 21.8 Å². The van der Waals surface area contributed by atoms with Crippen LogP contribution in [0, 0.1) is 12.7 Å². The van der Waals surface area contributed by atoms with Crippen molar-refractivity contribution in [3.05, 3.63) is 75.8 Å². The molecule has 0 unspecified atom stereocenters. The Morgan fingerprint density at radius 2 is 1.89 bits per heavy atom. The first kappa shape index (κ1) is 17.3. The smallest absolute Gasteiger partial charge is 0.259 e. The van der Waals surface area contributed by atoms with Gasteiger partial charge in [0.1, 0.15) is 12.1 Å². The summed E-state index contributed by atoms with van der Waals surface area (Å²) in [6, 6.07) is 7.75. The van der Waals surface area contributed by atoms with Gasteiger partial charge in [0.05, 0.1) is 17.9 Å². The summed E-state index contributed by atoms with van der Waals surface area (Å²) in [5.41, 5.74) is 2.91. The number of rotatable bonds is 4. The summed E-state index contributed by atoms with van der Waals surface area (Å²) < 4.78 is 14.7. The van der Waals surface area contributed by atoms with Gasteiger partial charge in [0.25, 0.3) is 5.56 Å². The fourth-order valence-corrected chi connectivity index (χ4v) is 4.00. The largest absolute Gasteiger partial charge is 0.369 e. The Hall–Kier alpha value is -3.13. The first-order chi connectivity index (χ1) is 13.0. The van der Waals surface area contributed by atoms with E-state index in [1.807, 2.05) is 18.9 Å². The SMILES string of the molecule is Cc1sc2nc(CN(C)c3ccc(F)cc3)cc(=O)n2c1-c1cncnc1. The molecule has 27 heavy (non-hydrogen) atoms. The Bertz CT molecular complexity index is 1150. The highest BCUT2D eigenvalue weighted by atomic mass is 32.1. The van der Waals surface area contributed by atoms with E-state index in [1.165, 1.54) is 35.9 Å². The first-order valence-corrected chi connectivity index (χ1v) is 9.09. The molecule has 0 fully saturated rings. The number of aryl methyl sites for hydroxylation is 1. The highest BCUT2D eigenvalue weighted by molar-refractivity contribution is 7.17. The number of hydrogen-bond donors (Lipinski definition) is 0. The second-order valence-corrected chi connectivity index (χ2v) is 7.35. The van der Waals surface area contributed by atoms with Crippen LogP contribution in [0.1, 0.15) is 10.6 Å². The first-order valence-electron chi connectivity index (χ1n) is 8.27. The summed E-state index contributed by atoms with van der Waals surface area (Å²) in [5.74, 6) is -0.281. The van der Waals surface area contributed by atoms with E-state index in [-0.39, 0.29) is 11.4 Å². The number of thiazole rings is 1. The van der Waals surface area contributed by atoms with E-state index in [2.05, 4.69) is 15.0 Å². The van der Waals surface area contributed by atoms with Gasteiger partial charge in [0, 0.05) is 41.6 Å². The third kappa shape index (κ3) is 3.31. The van der Waals surface area contributed by atoms with Crippen molar-refractivity contribution < 1.29 is 4.39 Å². The van der Waals surface area contributed by atoms with E-state index < -0.39 is 0 Å². The maximum absolute atomic E-state index is 13.1. The van der Waals surface area contributed by atoms with Crippen LogP contribution in [0.2, 0.25) is 0 Å². The quantitative estimate of drug-likeness (QED) is 0.543. The minimum Gasteiger partial charge on any atom is -0.369 e. The molecule has 0 saturated carbocycles. The lowest BCUT2D eigenvalue weighted by Gasteiger charge is -2.18. The maximum atomic E-state index is 13.1. The summed E-state index contributed by atoms with van der Waals surface area (Å²) in [4.78, 5) is 29.0. The lowest BCUT2D eigenvalue weighted by atomic mass is 10.2. The zero-order chi connectivity index (χ0) is 19.0. The molecule has 8 heteroatoms. The van der Waals surface area contributed by atoms with Crippen molar-refractivity contribution in [2.75, 3.05) is 11.9 Å². The van der Waals surface area contributed by atoms with Crippen molar-refractivity contribution in [1.82, 2.24) is 19.4 Å².